The van der Waals surface area contributed by atoms with Crippen molar-refractivity contribution in [3.8, 4) is 6.07 Å². The van der Waals surface area contributed by atoms with Crippen molar-refractivity contribution in [2.45, 2.75) is 13.1 Å². The van der Waals surface area contributed by atoms with E-state index >= 15 is 0 Å². The van der Waals surface area contributed by atoms with E-state index in [9.17, 15) is 0 Å². The van der Waals surface area contributed by atoms with Gasteiger partial charge in [-0.1, -0.05) is 12.1 Å². The highest BCUT2D eigenvalue weighted by molar-refractivity contribution is 14.0. The smallest absolute Gasteiger partial charge is 0.191 e. The van der Waals surface area contributed by atoms with Gasteiger partial charge >= 0.3 is 0 Å². The highest BCUT2D eigenvalue weighted by Gasteiger charge is 2.03. The Morgan fingerprint density at radius 1 is 1.36 bits per heavy atom. The number of benzene rings is 1. The summed E-state index contributed by atoms with van der Waals surface area (Å²) in [6, 6.07) is 9.59. The molecular formula is C14H18IN7. The third kappa shape index (κ3) is 5.00. The van der Waals surface area contributed by atoms with Crippen LogP contribution in [0.5, 0.6) is 0 Å². The van der Waals surface area contributed by atoms with Crippen molar-refractivity contribution in [1.82, 2.24) is 25.4 Å². The average Bonchev–Trinajstić information content (AvgIpc) is 2.93. The Kier molecular flexibility index (Phi) is 7.31. The molecule has 0 amide bonds. The zero-order valence-corrected chi connectivity index (χ0v) is 14.8. The highest BCUT2D eigenvalue weighted by atomic mass is 127. The van der Waals surface area contributed by atoms with Crippen LogP contribution in [0.25, 0.3) is 0 Å². The van der Waals surface area contributed by atoms with E-state index in [2.05, 4.69) is 31.8 Å². The second-order valence-corrected chi connectivity index (χ2v) is 4.39. The minimum absolute atomic E-state index is 0. The van der Waals surface area contributed by atoms with Crippen LogP contribution in [0.3, 0.4) is 0 Å². The van der Waals surface area contributed by atoms with Crippen molar-refractivity contribution in [2.24, 2.45) is 12.0 Å². The van der Waals surface area contributed by atoms with E-state index in [-0.39, 0.29) is 24.0 Å². The second-order valence-electron chi connectivity index (χ2n) is 4.39. The maximum absolute atomic E-state index is 8.88. The summed E-state index contributed by atoms with van der Waals surface area (Å²) in [5.74, 6) is 1.49. The fourth-order valence-electron chi connectivity index (χ4n) is 1.80. The predicted octanol–water partition coefficient (Wildman–Crippen LogP) is 1.17. The van der Waals surface area contributed by atoms with Crippen LogP contribution < -0.4 is 10.6 Å². The first-order valence-corrected chi connectivity index (χ1v) is 6.49. The quantitative estimate of drug-likeness (QED) is 0.448. The van der Waals surface area contributed by atoms with Crippen LogP contribution in [-0.2, 0) is 20.1 Å². The maximum atomic E-state index is 8.88. The lowest BCUT2D eigenvalue weighted by Crippen LogP contribution is -2.36. The summed E-state index contributed by atoms with van der Waals surface area (Å²) >= 11 is 0. The molecule has 2 N–H and O–H groups in total. The van der Waals surface area contributed by atoms with Gasteiger partial charge in [-0.15, -0.1) is 24.0 Å². The van der Waals surface area contributed by atoms with Crippen LogP contribution in [0.15, 0.2) is 35.6 Å². The first kappa shape index (κ1) is 17.9. The Bertz CT molecular complexity index is 672. The standard InChI is InChI=1S/C14H17N7.HI/c1-16-14(18-9-13-19-10-20-21(13)2)17-8-12-5-3-4-11(6-12)7-15;/h3-6,10H,8-9H2,1-2H3,(H2,16,17,18);1H. The van der Waals surface area contributed by atoms with E-state index in [1.165, 1.54) is 6.33 Å². The number of hydrogen-bond acceptors (Lipinski definition) is 4. The molecule has 1 heterocycles. The van der Waals surface area contributed by atoms with Gasteiger partial charge < -0.3 is 10.6 Å². The molecule has 0 atom stereocenters. The Morgan fingerprint density at radius 2 is 2.14 bits per heavy atom. The number of aromatic nitrogens is 3. The third-order valence-electron chi connectivity index (χ3n) is 2.96. The van der Waals surface area contributed by atoms with Gasteiger partial charge in [0.2, 0.25) is 0 Å². The number of nitriles is 1. The van der Waals surface area contributed by atoms with Crippen LogP contribution >= 0.6 is 24.0 Å². The van der Waals surface area contributed by atoms with Gasteiger partial charge in [-0.3, -0.25) is 9.67 Å². The summed E-state index contributed by atoms with van der Waals surface area (Å²) in [5.41, 5.74) is 1.67. The molecule has 2 aromatic rings. The number of halogens is 1. The lowest BCUT2D eigenvalue weighted by molar-refractivity contribution is 0.672. The third-order valence-corrected chi connectivity index (χ3v) is 2.96. The number of aliphatic imine (C=N–C) groups is 1. The number of aryl methyl sites for hydroxylation is 1. The summed E-state index contributed by atoms with van der Waals surface area (Å²) in [5, 5.41) is 19.2. The van der Waals surface area contributed by atoms with E-state index in [0.29, 0.717) is 24.6 Å². The van der Waals surface area contributed by atoms with E-state index < -0.39 is 0 Å². The molecular weight excluding hydrogens is 393 g/mol. The van der Waals surface area contributed by atoms with Crippen LogP contribution in [-0.4, -0.2) is 27.8 Å². The topological polar surface area (TPSA) is 90.9 Å². The number of nitrogens with zero attached hydrogens (tertiary/aromatic N) is 5. The lowest BCUT2D eigenvalue weighted by atomic mass is 10.1. The molecule has 0 bridgehead atoms. The van der Waals surface area contributed by atoms with Gasteiger partial charge in [0.25, 0.3) is 0 Å². The van der Waals surface area contributed by atoms with Gasteiger partial charge in [-0.2, -0.15) is 10.4 Å². The fourth-order valence-corrected chi connectivity index (χ4v) is 1.80. The molecule has 8 heteroatoms. The van der Waals surface area contributed by atoms with Crippen LogP contribution in [0.1, 0.15) is 17.0 Å². The van der Waals surface area contributed by atoms with E-state index in [0.717, 1.165) is 11.4 Å². The molecule has 0 radical (unpaired) electrons. The maximum Gasteiger partial charge on any atom is 0.191 e. The second kappa shape index (κ2) is 8.99. The Hall–Kier alpha value is -2.15. The molecule has 0 aliphatic rings. The van der Waals surface area contributed by atoms with Gasteiger partial charge in [0.05, 0.1) is 18.2 Å². The van der Waals surface area contributed by atoms with Crippen molar-refractivity contribution in [3.63, 3.8) is 0 Å². The van der Waals surface area contributed by atoms with Crippen molar-refractivity contribution < 1.29 is 0 Å². The molecule has 7 nitrogen and oxygen atoms in total. The van der Waals surface area contributed by atoms with Crippen LogP contribution in [0.2, 0.25) is 0 Å². The number of guanidine groups is 1. The van der Waals surface area contributed by atoms with Gasteiger partial charge in [-0.05, 0) is 17.7 Å². The first-order chi connectivity index (χ1) is 10.2. The number of hydrogen-bond donors (Lipinski definition) is 2. The summed E-state index contributed by atoms with van der Waals surface area (Å²) < 4.78 is 1.71. The zero-order valence-electron chi connectivity index (χ0n) is 12.4. The van der Waals surface area contributed by atoms with Gasteiger partial charge in [0, 0.05) is 20.6 Å². The van der Waals surface area contributed by atoms with Crippen molar-refractivity contribution in [3.05, 3.63) is 47.5 Å². The molecule has 0 spiro atoms. The lowest BCUT2D eigenvalue weighted by Gasteiger charge is -2.11. The molecule has 0 saturated heterocycles. The SMILES string of the molecule is CN=C(NCc1cccc(C#N)c1)NCc1ncnn1C.I. The molecule has 2 rings (SSSR count). The Morgan fingerprint density at radius 3 is 2.77 bits per heavy atom. The summed E-state index contributed by atoms with van der Waals surface area (Å²) in [6.45, 7) is 1.13. The molecule has 1 aromatic carbocycles. The molecule has 0 aliphatic heterocycles. The molecule has 22 heavy (non-hydrogen) atoms. The van der Waals surface area contributed by atoms with Crippen molar-refractivity contribution in [2.75, 3.05) is 7.05 Å². The van der Waals surface area contributed by atoms with Gasteiger partial charge in [-0.25, -0.2) is 4.98 Å². The molecule has 116 valence electrons. The van der Waals surface area contributed by atoms with Gasteiger partial charge in [0.1, 0.15) is 12.2 Å². The van der Waals surface area contributed by atoms with E-state index in [1.807, 2.05) is 25.2 Å². The normalized spacial score (nSPS) is 10.5. The van der Waals surface area contributed by atoms with Crippen molar-refractivity contribution in [1.29, 1.82) is 5.26 Å². The summed E-state index contributed by atoms with van der Waals surface area (Å²) in [6.07, 6.45) is 1.51. The van der Waals surface area contributed by atoms with Gasteiger partial charge in [0.15, 0.2) is 5.96 Å². The monoisotopic (exact) mass is 411 g/mol. The molecule has 0 unspecified atom stereocenters. The van der Waals surface area contributed by atoms with E-state index in [4.69, 9.17) is 5.26 Å². The number of nitrogens with one attached hydrogen (secondary N) is 2. The molecule has 0 saturated carbocycles. The first-order valence-electron chi connectivity index (χ1n) is 6.49. The Balaban J connectivity index is 0.00000242. The number of rotatable bonds is 4. The minimum Gasteiger partial charge on any atom is -0.352 e. The fraction of sp³-hybridized carbons (Fsp3) is 0.286. The zero-order chi connectivity index (χ0) is 15.1. The van der Waals surface area contributed by atoms with Crippen LogP contribution in [0.4, 0.5) is 0 Å². The molecule has 0 fully saturated rings. The molecule has 1 aromatic heterocycles. The summed E-state index contributed by atoms with van der Waals surface area (Å²) in [4.78, 5) is 8.28. The minimum atomic E-state index is 0. The van der Waals surface area contributed by atoms with E-state index in [1.54, 1.807) is 17.8 Å². The van der Waals surface area contributed by atoms with Crippen LogP contribution in [0, 0.1) is 11.3 Å². The highest BCUT2D eigenvalue weighted by Crippen LogP contribution is 2.03. The van der Waals surface area contributed by atoms with Crippen molar-refractivity contribution >= 4 is 29.9 Å². The predicted molar refractivity (Wildman–Crippen MR) is 94.6 cm³/mol. The average molecular weight is 411 g/mol. The largest absolute Gasteiger partial charge is 0.352 e. The summed E-state index contributed by atoms with van der Waals surface area (Å²) in [7, 11) is 3.55. The Labute approximate surface area is 146 Å². The molecule has 0 aliphatic carbocycles.